The van der Waals surface area contributed by atoms with Crippen molar-refractivity contribution in [1.29, 1.82) is 5.41 Å². The summed E-state index contributed by atoms with van der Waals surface area (Å²) in [6, 6.07) is 10.8. The number of hydrogen-bond donors (Lipinski definition) is 2. The van der Waals surface area contributed by atoms with E-state index in [1.54, 1.807) is 0 Å². The second kappa shape index (κ2) is 6.28. The van der Waals surface area contributed by atoms with Crippen LogP contribution in [0.5, 0.6) is 0 Å². The zero-order chi connectivity index (χ0) is 12.0. The summed E-state index contributed by atoms with van der Waals surface area (Å²) in [5.41, 5.74) is 6.75. The van der Waals surface area contributed by atoms with E-state index in [0.29, 0.717) is 12.5 Å². The quantitative estimate of drug-likeness (QED) is 0.567. The van der Waals surface area contributed by atoms with Gasteiger partial charge < -0.3 is 10.6 Å². The number of hydrogen-bond acceptors (Lipinski definition) is 2. The van der Waals surface area contributed by atoms with Crippen LogP contribution in [0.25, 0.3) is 0 Å². The molecule has 0 saturated carbocycles. The van der Waals surface area contributed by atoms with Gasteiger partial charge in [-0.3, -0.25) is 5.41 Å². The Bertz CT molecular complexity index is 321. The zero-order valence-corrected chi connectivity index (χ0v) is 10.1. The molecular weight excluding hydrogens is 198 g/mol. The van der Waals surface area contributed by atoms with Crippen LogP contribution in [0.15, 0.2) is 30.3 Å². The summed E-state index contributed by atoms with van der Waals surface area (Å²) >= 11 is 0. The minimum absolute atomic E-state index is 0.263. The Hall–Kier alpha value is -1.35. The predicted molar refractivity (Wildman–Crippen MR) is 68.8 cm³/mol. The summed E-state index contributed by atoms with van der Waals surface area (Å²) in [5.74, 6) is 0.263. The summed E-state index contributed by atoms with van der Waals surface area (Å²) in [6.07, 6.45) is 1.69. The molecule has 1 unspecified atom stereocenters. The van der Waals surface area contributed by atoms with Crippen LogP contribution in [-0.2, 0) is 6.42 Å². The van der Waals surface area contributed by atoms with Crippen molar-refractivity contribution in [3.63, 3.8) is 0 Å². The van der Waals surface area contributed by atoms with Crippen LogP contribution in [0.4, 0.5) is 0 Å². The first-order valence-electron chi connectivity index (χ1n) is 5.66. The molecule has 3 heteroatoms. The molecular formula is C13H21N3. The van der Waals surface area contributed by atoms with Gasteiger partial charge in [0, 0.05) is 19.0 Å². The van der Waals surface area contributed by atoms with Gasteiger partial charge in [-0.1, -0.05) is 30.3 Å². The van der Waals surface area contributed by atoms with E-state index in [1.807, 2.05) is 6.07 Å². The van der Waals surface area contributed by atoms with Crippen LogP contribution >= 0.6 is 0 Å². The van der Waals surface area contributed by atoms with Gasteiger partial charge in [-0.25, -0.2) is 0 Å². The maximum absolute atomic E-state index is 7.27. The van der Waals surface area contributed by atoms with Gasteiger partial charge in [-0.15, -0.1) is 0 Å². The zero-order valence-electron chi connectivity index (χ0n) is 10.1. The smallest absolute Gasteiger partial charge is 0.0920 e. The number of benzene rings is 1. The highest BCUT2D eigenvalue weighted by Crippen LogP contribution is 2.04. The number of amidine groups is 1. The van der Waals surface area contributed by atoms with Crippen molar-refractivity contribution in [1.82, 2.24) is 4.90 Å². The van der Waals surface area contributed by atoms with Crippen molar-refractivity contribution < 1.29 is 0 Å². The fraction of sp³-hybridized carbons (Fsp3) is 0.462. The van der Waals surface area contributed by atoms with Crippen LogP contribution in [0.1, 0.15) is 18.9 Å². The molecule has 0 saturated heterocycles. The van der Waals surface area contributed by atoms with Crippen molar-refractivity contribution in [2.24, 2.45) is 5.73 Å². The topological polar surface area (TPSA) is 53.1 Å². The van der Waals surface area contributed by atoms with Crippen LogP contribution in [0.2, 0.25) is 0 Å². The number of likely N-dealkylation sites (N-methyl/N-ethyl adjacent to an activating group) is 1. The summed E-state index contributed by atoms with van der Waals surface area (Å²) in [7, 11) is 2.08. The molecule has 0 aromatic heterocycles. The summed E-state index contributed by atoms with van der Waals surface area (Å²) < 4.78 is 0. The molecule has 16 heavy (non-hydrogen) atoms. The maximum atomic E-state index is 7.27. The molecule has 0 heterocycles. The lowest BCUT2D eigenvalue weighted by molar-refractivity contribution is 0.266. The molecule has 0 aliphatic carbocycles. The normalized spacial score (nSPS) is 12.7. The average molecular weight is 219 g/mol. The van der Waals surface area contributed by atoms with Gasteiger partial charge in [0.25, 0.3) is 0 Å². The lowest BCUT2D eigenvalue weighted by Gasteiger charge is -2.24. The largest absolute Gasteiger partial charge is 0.388 e. The Morgan fingerprint density at radius 2 is 2.00 bits per heavy atom. The van der Waals surface area contributed by atoms with E-state index in [-0.39, 0.29) is 5.84 Å². The monoisotopic (exact) mass is 219 g/mol. The maximum Gasteiger partial charge on any atom is 0.0920 e. The second-order valence-electron chi connectivity index (χ2n) is 4.29. The third-order valence-electron chi connectivity index (χ3n) is 2.86. The van der Waals surface area contributed by atoms with Gasteiger partial charge in [-0.05, 0) is 26.0 Å². The van der Waals surface area contributed by atoms with Crippen molar-refractivity contribution in [2.75, 3.05) is 13.6 Å². The lowest BCUT2D eigenvalue weighted by atomic mass is 10.1. The van der Waals surface area contributed by atoms with Gasteiger partial charge in [0.2, 0.25) is 0 Å². The number of nitrogens with one attached hydrogen (secondary N) is 1. The fourth-order valence-electron chi connectivity index (χ4n) is 1.64. The van der Waals surface area contributed by atoms with Gasteiger partial charge >= 0.3 is 0 Å². The molecule has 0 fully saturated rings. The number of rotatable bonds is 6. The van der Waals surface area contributed by atoms with Crippen LogP contribution in [0.3, 0.4) is 0 Å². The van der Waals surface area contributed by atoms with Crippen LogP contribution in [-0.4, -0.2) is 30.4 Å². The van der Waals surface area contributed by atoms with Crippen molar-refractivity contribution in [3.05, 3.63) is 35.9 Å². The first-order valence-corrected chi connectivity index (χ1v) is 5.66. The van der Waals surface area contributed by atoms with E-state index in [9.17, 15) is 0 Å². The highest BCUT2D eigenvalue weighted by Gasteiger charge is 2.09. The Balaban J connectivity index is 2.35. The minimum Gasteiger partial charge on any atom is -0.388 e. The van der Waals surface area contributed by atoms with Crippen molar-refractivity contribution in [2.45, 2.75) is 25.8 Å². The van der Waals surface area contributed by atoms with Gasteiger partial charge in [-0.2, -0.15) is 0 Å². The molecule has 88 valence electrons. The van der Waals surface area contributed by atoms with E-state index < -0.39 is 0 Å². The molecule has 0 aliphatic rings. The first kappa shape index (κ1) is 12.7. The molecule has 0 aliphatic heterocycles. The second-order valence-corrected chi connectivity index (χ2v) is 4.29. The Kier molecular flexibility index (Phi) is 4.99. The van der Waals surface area contributed by atoms with E-state index in [1.165, 1.54) is 5.56 Å². The molecule has 1 aromatic carbocycles. The highest BCUT2D eigenvalue weighted by atomic mass is 15.1. The number of nitrogens with zero attached hydrogens (tertiary/aromatic N) is 1. The summed E-state index contributed by atoms with van der Waals surface area (Å²) in [4.78, 5) is 2.24. The third-order valence-corrected chi connectivity index (χ3v) is 2.86. The molecule has 1 atom stereocenters. The summed E-state index contributed by atoms with van der Waals surface area (Å²) in [5, 5.41) is 7.27. The molecule has 1 aromatic rings. The summed E-state index contributed by atoms with van der Waals surface area (Å²) in [6.45, 7) is 3.10. The molecule has 0 amide bonds. The van der Waals surface area contributed by atoms with E-state index >= 15 is 0 Å². The standard InChI is InChI=1S/C13H21N3/c1-11(10-13(14)15)16(2)9-8-12-6-4-3-5-7-12/h3-7,11H,8-10H2,1-2H3,(H3,14,15). The molecule has 0 bridgehead atoms. The number of nitrogens with two attached hydrogens (primary N) is 1. The first-order chi connectivity index (χ1) is 7.59. The predicted octanol–water partition coefficient (Wildman–Crippen LogP) is 1.88. The average Bonchev–Trinajstić information content (AvgIpc) is 2.26. The molecule has 3 nitrogen and oxygen atoms in total. The van der Waals surface area contributed by atoms with Crippen molar-refractivity contribution >= 4 is 5.84 Å². The lowest BCUT2D eigenvalue weighted by Crippen LogP contribution is -2.34. The van der Waals surface area contributed by atoms with E-state index in [4.69, 9.17) is 11.1 Å². The van der Waals surface area contributed by atoms with Crippen LogP contribution < -0.4 is 5.73 Å². The van der Waals surface area contributed by atoms with E-state index in [2.05, 4.69) is 43.1 Å². The highest BCUT2D eigenvalue weighted by molar-refractivity contribution is 5.77. The Morgan fingerprint density at radius 3 is 2.56 bits per heavy atom. The van der Waals surface area contributed by atoms with E-state index in [0.717, 1.165) is 13.0 Å². The Morgan fingerprint density at radius 1 is 1.38 bits per heavy atom. The Labute approximate surface area is 97.8 Å². The van der Waals surface area contributed by atoms with Crippen LogP contribution in [0, 0.1) is 5.41 Å². The molecule has 3 N–H and O–H groups in total. The third kappa shape index (κ3) is 4.45. The SMILES string of the molecule is CC(CC(=N)N)N(C)CCc1ccccc1. The minimum atomic E-state index is 0.263. The van der Waals surface area contributed by atoms with Gasteiger partial charge in [0.15, 0.2) is 0 Å². The molecule has 0 radical (unpaired) electrons. The van der Waals surface area contributed by atoms with Gasteiger partial charge in [0.05, 0.1) is 5.84 Å². The molecule has 1 rings (SSSR count). The molecule has 0 spiro atoms. The van der Waals surface area contributed by atoms with Gasteiger partial charge in [0.1, 0.15) is 0 Å². The fourth-order valence-corrected chi connectivity index (χ4v) is 1.64. The van der Waals surface area contributed by atoms with Crippen molar-refractivity contribution in [3.8, 4) is 0 Å².